The van der Waals surface area contributed by atoms with Crippen LogP contribution < -0.4 is 21.3 Å². The zero-order chi connectivity index (χ0) is 84.5. The summed E-state index contributed by atoms with van der Waals surface area (Å²) >= 11 is 0. The van der Waals surface area contributed by atoms with Crippen molar-refractivity contribution >= 4 is 59.2 Å². The van der Waals surface area contributed by atoms with E-state index in [9.17, 15) is 47.9 Å². The molecule has 10 aromatic rings. The Bertz CT molecular complexity index is 4980. The molecule has 0 saturated heterocycles. The quantitative estimate of drug-likeness (QED) is 0.0274. The third-order valence-electron chi connectivity index (χ3n) is 18.0. The van der Waals surface area contributed by atoms with E-state index in [4.69, 9.17) is 9.47 Å². The number of ether oxygens (including phenoxy) is 2. The van der Waals surface area contributed by atoms with Crippen molar-refractivity contribution in [2.75, 3.05) is 78.5 Å². The standard InChI is InChI=1S/C88H96N18O12/c1-57-11-21-89-67(39-57)71-43-61(15-25-93-71)47-79(109)103(53-77(107)99-31-35-105(55-83(113)117-87(5,6)7)81(111)49-63-17-27-95-73(45-63)69-41-59(3)13-23-91-69)37-33-101-85(115)65-19-29-97-75(51-65)76-52-66(20-30-98-76)86(116)102-34-38-104(80(110)48-62-16-26-94-72(44-62)68-40-58(2)12-22-90-68)54-78(108)100-32-36-106(56-84(114)118-88(8,9)10)82(112)50-64-18-28-96-74(46-64)70-42-60(4)14-24-92-70/h11-30,39-46,51-52H,31-38,47-50,53-56H2,1-10H3,(H,99,107)(H,100,108)(H,101,115)(H,102,116). The summed E-state index contributed by atoms with van der Waals surface area (Å²) in [4.78, 5) is 189. The van der Waals surface area contributed by atoms with E-state index < -0.39 is 96.6 Å². The minimum Gasteiger partial charge on any atom is -0.459 e. The van der Waals surface area contributed by atoms with E-state index in [-0.39, 0.29) is 101 Å². The summed E-state index contributed by atoms with van der Waals surface area (Å²) in [5.74, 6) is -5.40. The van der Waals surface area contributed by atoms with E-state index in [1.165, 1.54) is 56.3 Å². The summed E-state index contributed by atoms with van der Waals surface area (Å²) in [7, 11) is 0. The van der Waals surface area contributed by atoms with Gasteiger partial charge >= 0.3 is 11.9 Å². The fourth-order valence-corrected chi connectivity index (χ4v) is 12.3. The van der Waals surface area contributed by atoms with Crippen molar-refractivity contribution in [3.8, 4) is 56.9 Å². The van der Waals surface area contributed by atoms with Crippen molar-refractivity contribution in [3.63, 3.8) is 0 Å². The van der Waals surface area contributed by atoms with Crippen LogP contribution >= 0.6 is 0 Å². The van der Waals surface area contributed by atoms with Gasteiger partial charge in [-0.15, -0.1) is 0 Å². The highest BCUT2D eigenvalue weighted by Crippen LogP contribution is 2.24. The lowest BCUT2D eigenvalue weighted by Gasteiger charge is -2.26. The maximum Gasteiger partial charge on any atom is 0.326 e. The molecule has 0 aliphatic carbocycles. The van der Waals surface area contributed by atoms with Crippen LogP contribution in [-0.2, 0) is 73.5 Å². The molecule has 30 nitrogen and oxygen atoms in total. The van der Waals surface area contributed by atoms with Gasteiger partial charge < -0.3 is 50.3 Å². The van der Waals surface area contributed by atoms with Crippen molar-refractivity contribution in [2.45, 2.75) is 106 Å². The molecule has 0 aliphatic heterocycles. The molecule has 30 heteroatoms. The molecular weight excluding hydrogens is 1500 g/mol. The van der Waals surface area contributed by atoms with Crippen molar-refractivity contribution in [3.05, 3.63) is 239 Å². The number of aromatic nitrogens is 10. The van der Waals surface area contributed by atoms with Crippen molar-refractivity contribution in [1.29, 1.82) is 0 Å². The minimum absolute atomic E-state index is 0.0995. The summed E-state index contributed by atoms with van der Waals surface area (Å²) in [5, 5.41) is 11.3. The predicted molar refractivity (Wildman–Crippen MR) is 440 cm³/mol. The van der Waals surface area contributed by atoms with Gasteiger partial charge in [-0.2, -0.15) is 0 Å². The Morgan fingerprint density at radius 2 is 0.508 bits per heavy atom. The number of hydrogen-bond acceptors (Lipinski definition) is 22. The van der Waals surface area contributed by atoms with E-state index in [1.54, 1.807) is 140 Å². The molecule has 10 heterocycles. The smallest absolute Gasteiger partial charge is 0.326 e. The van der Waals surface area contributed by atoms with Crippen LogP contribution in [0.15, 0.2) is 183 Å². The number of carbonyl (C=O) groups is 10. The van der Waals surface area contributed by atoms with Crippen LogP contribution in [0.5, 0.6) is 0 Å². The largest absolute Gasteiger partial charge is 0.459 e. The third-order valence-corrected chi connectivity index (χ3v) is 18.0. The van der Waals surface area contributed by atoms with Crippen LogP contribution in [0.4, 0.5) is 0 Å². The number of amides is 8. The molecule has 0 unspecified atom stereocenters. The van der Waals surface area contributed by atoms with Crippen molar-refractivity contribution in [1.82, 2.24) is 90.7 Å². The zero-order valence-corrected chi connectivity index (χ0v) is 67.8. The van der Waals surface area contributed by atoms with E-state index in [0.717, 1.165) is 22.3 Å². The van der Waals surface area contributed by atoms with Crippen LogP contribution in [0.3, 0.4) is 0 Å². The number of rotatable bonds is 35. The zero-order valence-electron chi connectivity index (χ0n) is 67.8. The highest BCUT2D eigenvalue weighted by molar-refractivity contribution is 5.97. The number of nitrogens with one attached hydrogen (secondary N) is 4. The first kappa shape index (κ1) is 86.6. The van der Waals surface area contributed by atoms with Gasteiger partial charge in [-0.1, -0.05) is 0 Å². The molecule has 4 N–H and O–H groups in total. The van der Waals surface area contributed by atoms with Crippen LogP contribution in [0.25, 0.3) is 56.9 Å². The topological polar surface area (TPSA) is 379 Å². The van der Waals surface area contributed by atoms with Gasteiger partial charge in [-0.25, -0.2) is 0 Å². The molecule has 8 amide bonds. The van der Waals surface area contributed by atoms with Gasteiger partial charge in [0.1, 0.15) is 24.3 Å². The predicted octanol–water partition coefficient (Wildman–Crippen LogP) is 7.87. The Hall–Kier alpha value is -13.8. The number of aryl methyl sites for hydroxylation is 4. The summed E-state index contributed by atoms with van der Waals surface area (Å²) < 4.78 is 11.2. The van der Waals surface area contributed by atoms with Gasteiger partial charge in [0.2, 0.25) is 35.4 Å². The second-order valence-electron chi connectivity index (χ2n) is 30.3. The van der Waals surface area contributed by atoms with Gasteiger partial charge in [0.25, 0.3) is 11.8 Å². The Labute approximate surface area is 684 Å². The van der Waals surface area contributed by atoms with E-state index in [2.05, 4.69) is 71.1 Å². The minimum atomic E-state index is -0.851. The highest BCUT2D eigenvalue weighted by atomic mass is 16.6. The maximum atomic E-state index is 14.4. The molecule has 0 bridgehead atoms. The highest BCUT2D eigenvalue weighted by Gasteiger charge is 2.28. The lowest BCUT2D eigenvalue weighted by Crippen LogP contribution is -2.47. The van der Waals surface area contributed by atoms with Crippen LogP contribution in [-0.4, -0.2) is 218 Å². The fraction of sp³-hybridized carbons (Fsp3) is 0.318. The van der Waals surface area contributed by atoms with Gasteiger partial charge in [0, 0.05) is 125 Å². The first-order chi connectivity index (χ1) is 56.4. The Morgan fingerprint density at radius 3 is 0.763 bits per heavy atom. The molecule has 10 aromatic heterocycles. The van der Waals surface area contributed by atoms with Crippen LogP contribution in [0, 0.1) is 27.7 Å². The number of hydrogen-bond donors (Lipinski definition) is 4. The first-order valence-electron chi connectivity index (χ1n) is 38.5. The average Bonchev–Trinajstić information content (AvgIpc) is 0.827. The summed E-state index contributed by atoms with van der Waals surface area (Å²) in [6.07, 6.45) is 15.2. The van der Waals surface area contributed by atoms with Gasteiger partial charge in [-0.05, 0) is 235 Å². The molecule has 118 heavy (non-hydrogen) atoms. The second-order valence-corrected chi connectivity index (χ2v) is 30.3. The van der Waals surface area contributed by atoms with Crippen LogP contribution in [0.2, 0.25) is 0 Å². The maximum absolute atomic E-state index is 14.4. The summed E-state index contributed by atoms with van der Waals surface area (Å²) in [6.45, 7) is 15.3. The SMILES string of the molecule is Cc1ccnc(-c2cc(CC(=O)N(CCNC(=O)c3ccnc(-c4cc(C(=O)NCCN(CC(=O)NCCN(CC(=O)OC(C)(C)C)C(=O)Cc5ccnc(-c6cc(C)ccn6)c5)C(=O)Cc5ccnc(-c6cc(C)ccn6)c5)ccn4)c3)CC(=O)NCCN(CC(=O)OC(C)(C)C)C(=O)Cc3ccnc(-c4cc(C)ccn4)c3)ccn2)c1. The molecular formula is C88H96N18O12. The van der Waals surface area contributed by atoms with Crippen molar-refractivity contribution in [2.24, 2.45) is 0 Å². The van der Waals surface area contributed by atoms with Crippen molar-refractivity contribution < 1.29 is 57.4 Å². The molecule has 0 atom stereocenters. The second kappa shape index (κ2) is 41.0. The number of pyridine rings is 10. The molecule has 0 aliphatic rings. The molecule has 0 aromatic carbocycles. The van der Waals surface area contributed by atoms with E-state index in [0.29, 0.717) is 67.8 Å². The number of carbonyl (C=O) groups excluding carboxylic acids is 10. The third kappa shape index (κ3) is 27.2. The van der Waals surface area contributed by atoms with Gasteiger partial charge in [0.05, 0.1) is 95.7 Å². The molecule has 0 saturated carbocycles. The molecule has 0 fully saturated rings. The molecule has 10 rings (SSSR count). The number of nitrogens with zero attached hydrogens (tertiary/aromatic N) is 14. The van der Waals surface area contributed by atoms with E-state index in [1.807, 2.05) is 76.2 Å². The molecule has 610 valence electrons. The Kier molecular flexibility index (Phi) is 30.1. The molecule has 0 radical (unpaired) electrons. The van der Waals surface area contributed by atoms with Gasteiger partial charge in [0.15, 0.2) is 0 Å². The van der Waals surface area contributed by atoms with Crippen LogP contribution in [0.1, 0.15) is 107 Å². The monoisotopic (exact) mass is 1600 g/mol. The van der Waals surface area contributed by atoms with Gasteiger partial charge in [-0.3, -0.25) is 97.8 Å². The molecule has 0 spiro atoms. The Balaban J connectivity index is 0.784. The fourth-order valence-electron chi connectivity index (χ4n) is 12.3. The lowest BCUT2D eigenvalue weighted by atomic mass is 10.1. The number of esters is 2. The lowest BCUT2D eigenvalue weighted by molar-refractivity contribution is -0.159. The summed E-state index contributed by atoms with van der Waals surface area (Å²) in [5.41, 5.74) is 9.93. The average molecular weight is 1600 g/mol. The normalized spacial score (nSPS) is 11.2. The van der Waals surface area contributed by atoms with E-state index >= 15 is 0 Å². The summed E-state index contributed by atoms with van der Waals surface area (Å²) in [6, 6.07) is 34.6. The first-order valence-corrected chi connectivity index (χ1v) is 38.5. The Morgan fingerprint density at radius 1 is 0.288 bits per heavy atom.